The highest BCUT2D eigenvalue weighted by Crippen LogP contribution is 2.40. The fourth-order valence-corrected chi connectivity index (χ4v) is 5.05. The van der Waals surface area contributed by atoms with Crippen molar-refractivity contribution in [3.8, 4) is 22.5 Å². The first-order chi connectivity index (χ1) is 15.2. The van der Waals surface area contributed by atoms with Crippen LogP contribution in [-0.4, -0.2) is 4.98 Å². The predicted octanol–water partition coefficient (Wildman–Crippen LogP) is 6.33. The summed E-state index contributed by atoms with van der Waals surface area (Å²) in [6.07, 6.45) is 8.91. The average molecular weight is 406 g/mol. The van der Waals surface area contributed by atoms with Gasteiger partial charge in [-0.1, -0.05) is 24.3 Å². The van der Waals surface area contributed by atoms with Crippen molar-refractivity contribution in [3.63, 3.8) is 0 Å². The summed E-state index contributed by atoms with van der Waals surface area (Å²) < 4.78 is 8.78. The molecule has 0 spiro atoms. The molecule has 0 amide bonds. The van der Waals surface area contributed by atoms with Crippen LogP contribution in [0.2, 0.25) is 0 Å². The molecule has 0 radical (unpaired) electrons. The van der Waals surface area contributed by atoms with Crippen molar-refractivity contribution in [2.75, 3.05) is 0 Å². The molecule has 152 valence electrons. The molecule has 5 aromatic rings. The van der Waals surface area contributed by atoms with Crippen molar-refractivity contribution >= 4 is 21.9 Å². The molecule has 3 heterocycles. The van der Waals surface area contributed by atoms with Gasteiger partial charge in [0.25, 0.3) is 0 Å². The van der Waals surface area contributed by atoms with E-state index < -0.39 is 0 Å². The van der Waals surface area contributed by atoms with Crippen molar-refractivity contribution in [2.24, 2.45) is 7.05 Å². The Balaban J connectivity index is 1.63. The zero-order valence-corrected chi connectivity index (χ0v) is 18.0. The molecular weight excluding hydrogens is 380 g/mol. The van der Waals surface area contributed by atoms with Gasteiger partial charge in [0.2, 0.25) is 5.69 Å². The topological polar surface area (TPSA) is 29.9 Å². The van der Waals surface area contributed by atoms with E-state index in [1.54, 1.807) is 0 Å². The van der Waals surface area contributed by atoms with Gasteiger partial charge in [0.05, 0.1) is 5.56 Å². The number of benzene rings is 2. The number of rotatable bonds is 2. The van der Waals surface area contributed by atoms with Gasteiger partial charge in [-0.25, -0.2) is 4.57 Å². The molecule has 3 nitrogen and oxygen atoms in total. The van der Waals surface area contributed by atoms with Gasteiger partial charge in [0.1, 0.15) is 18.3 Å². The van der Waals surface area contributed by atoms with E-state index in [2.05, 4.69) is 79.3 Å². The van der Waals surface area contributed by atoms with Gasteiger partial charge < -0.3 is 4.42 Å². The van der Waals surface area contributed by atoms with Crippen LogP contribution in [0.4, 0.5) is 0 Å². The van der Waals surface area contributed by atoms with Crippen LogP contribution in [0.5, 0.6) is 0 Å². The lowest BCUT2D eigenvalue weighted by atomic mass is 9.90. The number of fused-ring (bicyclic) bond motifs is 4. The summed E-state index contributed by atoms with van der Waals surface area (Å²) in [6.45, 7) is 2.15. The first-order valence-corrected chi connectivity index (χ1v) is 11.1. The Morgan fingerprint density at radius 2 is 1.71 bits per heavy atom. The summed E-state index contributed by atoms with van der Waals surface area (Å²) in [4.78, 5) is 4.76. The molecule has 0 saturated heterocycles. The molecule has 0 bridgehead atoms. The lowest BCUT2D eigenvalue weighted by Gasteiger charge is -2.16. The quantitative estimate of drug-likeness (QED) is 0.321. The molecule has 3 aromatic heterocycles. The third-order valence-corrected chi connectivity index (χ3v) is 6.70. The third kappa shape index (κ3) is 2.88. The molecule has 2 aromatic carbocycles. The largest absolute Gasteiger partial charge is 0.453 e. The summed E-state index contributed by atoms with van der Waals surface area (Å²) >= 11 is 0. The van der Waals surface area contributed by atoms with E-state index in [9.17, 15) is 0 Å². The van der Waals surface area contributed by atoms with Gasteiger partial charge in [-0.15, -0.1) is 0 Å². The minimum atomic E-state index is 0.874. The normalized spacial score (nSPS) is 13.6. The van der Waals surface area contributed by atoms with Crippen molar-refractivity contribution in [3.05, 3.63) is 83.7 Å². The molecule has 6 rings (SSSR count). The maximum atomic E-state index is 6.63. The standard InChI is InChI=1S/C28H25N2O/c1-18-10-13-22-23-14-15-29-26(21-12-11-19-7-3-4-8-20(19)17-21)28(23)31-27(22)25(18)24-9-5-6-16-30(24)2/h5-6,9-17H,3-4,7-8H2,1-2H3/q+1. The molecule has 0 fully saturated rings. The van der Waals surface area contributed by atoms with Crippen LogP contribution in [0.1, 0.15) is 29.5 Å². The zero-order chi connectivity index (χ0) is 20.9. The summed E-state index contributed by atoms with van der Waals surface area (Å²) in [5.41, 5.74) is 10.3. The molecule has 0 saturated carbocycles. The second-order valence-electron chi connectivity index (χ2n) is 8.66. The van der Waals surface area contributed by atoms with Crippen LogP contribution in [0.3, 0.4) is 0 Å². The minimum absolute atomic E-state index is 0.874. The van der Waals surface area contributed by atoms with E-state index in [0.717, 1.165) is 50.9 Å². The van der Waals surface area contributed by atoms with Gasteiger partial charge >= 0.3 is 0 Å². The Morgan fingerprint density at radius 1 is 0.871 bits per heavy atom. The van der Waals surface area contributed by atoms with Gasteiger partial charge in [-0.2, -0.15) is 0 Å². The SMILES string of the molecule is Cc1ccc2c(oc3c(-c4ccc5c(c4)CCCC5)nccc32)c1-c1cccc[n+]1C. The first kappa shape index (κ1) is 18.3. The molecule has 0 unspecified atom stereocenters. The van der Waals surface area contributed by atoms with Crippen molar-refractivity contribution in [2.45, 2.75) is 32.6 Å². The second-order valence-corrected chi connectivity index (χ2v) is 8.66. The highest BCUT2D eigenvalue weighted by atomic mass is 16.3. The number of aryl methyl sites for hydroxylation is 4. The fraction of sp³-hybridized carbons (Fsp3) is 0.214. The van der Waals surface area contributed by atoms with E-state index >= 15 is 0 Å². The van der Waals surface area contributed by atoms with Crippen LogP contribution in [0.15, 0.2) is 71.4 Å². The van der Waals surface area contributed by atoms with Crippen molar-refractivity contribution in [1.29, 1.82) is 0 Å². The van der Waals surface area contributed by atoms with Gasteiger partial charge in [-0.05, 0) is 67.5 Å². The van der Waals surface area contributed by atoms with Crippen LogP contribution < -0.4 is 4.57 Å². The molecule has 1 aliphatic rings. The van der Waals surface area contributed by atoms with Gasteiger partial charge in [-0.3, -0.25) is 4.98 Å². The highest BCUT2D eigenvalue weighted by molar-refractivity contribution is 6.12. The van der Waals surface area contributed by atoms with Crippen LogP contribution in [0, 0.1) is 6.92 Å². The van der Waals surface area contributed by atoms with E-state index in [-0.39, 0.29) is 0 Å². The Bertz CT molecular complexity index is 1460. The second kappa shape index (κ2) is 7.05. The average Bonchev–Trinajstić information content (AvgIpc) is 3.18. The number of furan rings is 1. The summed E-state index contributed by atoms with van der Waals surface area (Å²) in [5.74, 6) is 0. The van der Waals surface area contributed by atoms with Crippen molar-refractivity contribution < 1.29 is 8.98 Å². The third-order valence-electron chi connectivity index (χ3n) is 6.70. The lowest BCUT2D eigenvalue weighted by Crippen LogP contribution is -2.30. The van der Waals surface area contributed by atoms with E-state index in [1.807, 2.05) is 6.20 Å². The zero-order valence-electron chi connectivity index (χ0n) is 18.0. The summed E-state index contributed by atoms with van der Waals surface area (Å²) in [6, 6.07) is 19.6. The van der Waals surface area contributed by atoms with Crippen LogP contribution in [-0.2, 0) is 19.9 Å². The molecule has 0 N–H and O–H groups in total. The summed E-state index contributed by atoms with van der Waals surface area (Å²) in [5, 5.41) is 2.26. The molecule has 0 atom stereocenters. The van der Waals surface area contributed by atoms with E-state index in [1.165, 1.54) is 36.0 Å². The van der Waals surface area contributed by atoms with Gasteiger partial charge in [0.15, 0.2) is 11.8 Å². The molecular formula is C28H25N2O+. The van der Waals surface area contributed by atoms with Crippen molar-refractivity contribution in [1.82, 2.24) is 4.98 Å². The van der Waals surface area contributed by atoms with E-state index in [4.69, 9.17) is 9.40 Å². The number of pyridine rings is 2. The number of hydrogen-bond donors (Lipinski definition) is 0. The first-order valence-electron chi connectivity index (χ1n) is 11.1. The molecule has 3 heteroatoms. The maximum absolute atomic E-state index is 6.63. The molecule has 31 heavy (non-hydrogen) atoms. The Kier molecular flexibility index (Phi) is 4.17. The Morgan fingerprint density at radius 3 is 2.58 bits per heavy atom. The van der Waals surface area contributed by atoms with E-state index in [0.29, 0.717) is 0 Å². The smallest absolute Gasteiger partial charge is 0.216 e. The fourth-order valence-electron chi connectivity index (χ4n) is 5.05. The predicted molar refractivity (Wildman–Crippen MR) is 125 cm³/mol. The number of hydrogen-bond acceptors (Lipinski definition) is 2. The summed E-state index contributed by atoms with van der Waals surface area (Å²) in [7, 11) is 2.08. The number of nitrogens with zero attached hydrogens (tertiary/aromatic N) is 2. The molecule has 1 aliphatic carbocycles. The van der Waals surface area contributed by atoms with Gasteiger partial charge in [0, 0.05) is 34.7 Å². The number of aromatic nitrogens is 2. The Labute approximate surface area is 182 Å². The van der Waals surface area contributed by atoms with Crippen LogP contribution in [0.25, 0.3) is 44.5 Å². The lowest BCUT2D eigenvalue weighted by molar-refractivity contribution is -0.660. The minimum Gasteiger partial charge on any atom is -0.453 e. The maximum Gasteiger partial charge on any atom is 0.216 e. The Hall–Kier alpha value is -3.46. The monoisotopic (exact) mass is 405 g/mol. The molecule has 0 aliphatic heterocycles. The highest BCUT2D eigenvalue weighted by Gasteiger charge is 2.22. The van der Waals surface area contributed by atoms with Crippen LogP contribution >= 0.6 is 0 Å².